The molecule has 1 amide bonds. The smallest absolute Gasteiger partial charge is 0.407 e. The van der Waals surface area contributed by atoms with Crippen molar-refractivity contribution < 1.29 is 19.4 Å². The summed E-state index contributed by atoms with van der Waals surface area (Å²) in [4.78, 5) is 26.1. The molecule has 2 N–H and O–H groups in total. The van der Waals surface area contributed by atoms with Crippen LogP contribution in [0.5, 0.6) is 0 Å². The number of hydrogen-bond donors (Lipinski definition) is 2. The van der Waals surface area contributed by atoms with E-state index < -0.39 is 17.8 Å². The second kappa shape index (κ2) is 13.4. The van der Waals surface area contributed by atoms with Crippen LogP contribution in [0.3, 0.4) is 0 Å². The standard InChI is InChI=1S/C39H39ClN2O5/c1-24-21-33-31(37(25-13-15-26(40)16-14-25)36(24)34(22-43)47-39(2,3)4)17-18-35(44)42(33)20-19-41-38(45)46-23-32-29-11-7-5-9-27(29)28-10-6-8-12-30(28)32/h5-18,21,32,34,43H,19-20,22-23H2,1-4H3,(H,41,45)/t34-/m1/s1. The van der Waals surface area contributed by atoms with Crippen LogP contribution >= 0.6 is 11.6 Å². The lowest BCUT2D eigenvalue weighted by atomic mass is 9.88. The van der Waals surface area contributed by atoms with E-state index in [1.165, 1.54) is 17.2 Å². The van der Waals surface area contributed by atoms with E-state index in [0.717, 1.165) is 38.8 Å². The third kappa shape index (κ3) is 6.70. The molecular formula is C39H39ClN2O5. The Labute approximate surface area is 279 Å². The van der Waals surface area contributed by atoms with E-state index in [0.29, 0.717) is 10.5 Å². The summed E-state index contributed by atoms with van der Waals surface area (Å²) in [6.07, 6.45) is -1.13. The number of benzene rings is 4. The number of carbonyl (C=O) groups is 1. The first-order valence-electron chi connectivity index (χ1n) is 15.9. The topological polar surface area (TPSA) is 89.8 Å². The normalized spacial score (nSPS) is 13.3. The van der Waals surface area contributed by atoms with Crippen LogP contribution in [0.4, 0.5) is 4.79 Å². The molecule has 1 aliphatic rings. The number of pyridine rings is 1. The SMILES string of the molecule is Cc1cc2c(ccc(=O)n2CCNC(=O)OCC2c3ccccc3-c3ccccc32)c(-c2ccc(Cl)cc2)c1[C@@H](CO)OC(C)(C)C. The van der Waals surface area contributed by atoms with E-state index >= 15 is 0 Å². The Kier molecular flexibility index (Phi) is 9.24. The molecule has 0 unspecified atom stereocenters. The van der Waals surface area contributed by atoms with E-state index in [9.17, 15) is 14.7 Å². The highest BCUT2D eigenvalue weighted by Crippen LogP contribution is 2.44. The van der Waals surface area contributed by atoms with Crippen LogP contribution in [0.15, 0.2) is 95.8 Å². The first-order chi connectivity index (χ1) is 22.6. The van der Waals surface area contributed by atoms with Crippen LogP contribution in [0, 0.1) is 6.92 Å². The molecule has 1 atom stereocenters. The minimum absolute atomic E-state index is 0.0395. The Bertz CT molecular complexity index is 1950. The van der Waals surface area contributed by atoms with Gasteiger partial charge in [0, 0.05) is 35.5 Å². The second-order valence-corrected chi connectivity index (χ2v) is 13.3. The number of aliphatic hydroxyl groups is 1. The number of rotatable bonds is 9. The number of aliphatic hydroxyl groups excluding tert-OH is 1. The zero-order valence-corrected chi connectivity index (χ0v) is 27.8. The van der Waals surface area contributed by atoms with Crippen LogP contribution in [0.25, 0.3) is 33.2 Å². The van der Waals surface area contributed by atoms with Crippen molar-refractivity contribution in [3.05, 3.63) is 129 Å². The van der Waals surface area contributed by atoms with Crippen molar-refractivity contribution in [3.8, 4) is 22.3 Å². The molecule has 0 spiro atoms. The number of hydrogen-bond acceptors (Lipinski definition) is 5. The molecule has 0 fully saturated rings. The maximum atomic E-state index is 13.2. The van der Waals surface area contributed by atoms with Gasteiger partial charge in [-0.2, -0.15) is 0 Å². The molecule has 6 rings (SSSR count). The van der Waals surface area contributed by atoms with Crippen molar-refractivity contribution in [2.75, 3.05) is 19.8 Å². The molecule has 1 aliphatic carbocycles. The number of nitrogens with one attached hydrogen (secondary N) is 1. The Morgan fingerprint density at radius 1 is 0.957 bits per heavy atom. The summed E-state index contributed by atoms with van der Waals surface area (Å²) in [6, 6.07) is 29.2. The summed E-state index contributed by atoms with van der Waals surface area (Å²) in [5, 5.41) is 14.7. The maximum Gasteiger partial charge on any atom is 0.407 e. The first kappa shape index (κ1) is 32.5. The molecule has 0 radical (unpaired) electrons. The fourth-order valence-electron chi connectivity index (χ4n) is 6.69. The number of fused-ring (bicyclic) bond motifs is 4. The quantitative estimate of drug-likeness (QED) is 0.169. The van der Waals surface area contributed by atoms with Gasteiger partial charge >= 0.3 is 6.09 Å². The summed E-state index contributed by atoms with van der Waals surface area (Å²) < 4.78 is 13.7. The Morgan fingerprint density at radius 2 is 1.60 bits per heavy atom. The lowest BCUT2D eigenvalue weighted by molar-refractivity contribution is -0.0821. The Morgan fingerprint density at radius 3 is 2.21 bits per heavy atom. The number of aryl methyl sites for hydroxylation is 1. The molecule has 5 aromatic rings. The Balaban J connectivity index is 1.25. The number of ether oxygens (including phenoxy) is 2. The lowest BCUT2D eigenvalue weighted by Crippen LogP contribution is -2.32. The van der Waals surface area contributed by atoms with Gasteiger partial charge in [-0.25, -0.2) is 4.79 Å². The van der Waals surface area contributed by atoms with Gasteiger partial charge in [0.2, 0.25) is 0 Å². The van der Waals surface area contributed by atoms with E-state index in [1.807, 2.05) is 88.4 Å². The van der Waals surface area contributed by atoms with Gasteiger partial charge in [-0.3, -0.25) is 4.79 Å². The minimum atomic E-state index is -0.597. The van der Waals surface area contributed by atoms with Gasteiger partial charge in [-0.05, 0) is 96.5 Å². The van der Waals surface area contributed by atoms with Gasteiger partial charge in [-0.1, -0.05) is 72.3 Å². The molecule has 0 aliphatic heterocycles. The van der Waals surface area contributed by atoms with Gasteiger partial charge in [0.1, 0.15) is 12.7 Å². The van der Waals surface area contributed by atoms with Crippen LogP contribution in [-0.2, 0) is 16.0 Å². The summed E-state index contributed by atoms with van der Waals surface area (Å²) in [5.41, 5.74) is 8.10. The molecule has 1 aromatic heterocycles. The highest BCUT2D eigenvalue weighted by atomic mass is 35.5. The van der Waals surface area contributed by atoms with Crippen molar-refractivity contribution in [1.82, 2.24) is 9.88 Å². The van der Waals surface area contributed by atoms with Crippen molar-refractivity contribution in [2.24, 2.45) is 0 Å². The molecule has 1 heterocycles. The first-order valence-corrected chi connectivity index (χ1v) is 16.2. The van der Waals surface area contributed by atoms with Crippen molar-refractivity contribution in [1.29, 1.82) is 0 Å². The molecule has 0 bridgehead atoms. The third-order valence-electron chi connectivity index (χ3n) is 8.61. The monoisotopic (exact) mass is 650 g/mol. The molecule has 0 saturated heterocycles. The predicted molar refractivity (Wildman–Crippen MR) is 187 cm³/mol. The van der Waals surface area contributed by atoms with Crippen LogP contribution in [-0.4, -0.2) is 41.1 Å². The summed E-state index contributed by atoms with van der Waals surface area (Å²) >= 11 is 6.24. The number of alkyl carbamates (subject to hydrolysis) is 1. The second-order valence-electron chi connectivity index (χ2n) is 12.9. The highest BCUT2D eigenvalue weighted by molar-refractivity contribution is 6.30. The molecule has 8 heteroatoms. The molecule has 4 aromatic carbocycles. The fourth-order valence-corrected chi connectivity index (χ4v) is 6.82. The van der Waals surface area contributed by atoms with E-state index in [-0.39, 0.29) is 37.8 Å². The number of nitrogens with zero attached hydrogens (tertiary/aromatic N) is 1. The van der Waals surface area contributed by atoms with Gasteiger partial charge in [0.05, 0.1) is 17.7 Å². The minimum Gasteiger partial charge on any atom is -0.449 e. The van der Waals surface area contributed by atoms with Crippen LogP contribution < -0.4 is 10.9 Å². The lowest BCUT2D eigenvalue weighted by Gasteiger charge is -2.30. The highest BCUT2D eigenvalue weighted by Gasteiger charge is 2.29. The largest absolute Gasteiger partial charge is 0.449 e. The van der Waals surface area contributed by atoms with Crippen LogP contribution in [0.2, 0.25) is 5.02 Å². The van der Waals surface area contributed by atoms with Crippen molar-refractivity contribution in [3.63, 3.8) is 0 Å². The summed E-state index contributed by atoms with van der Waals surface area (Å²) in [5.74, 6) is -0.0395. The van der Waals surface area contributed by atoms with Gasteiger partial charge < -0.3 is 24.5 Å². The molecule has 7 nitrogen and oxygen atoms in total. The molecule has 47 heavy (non-hydrogen) atoms. The third-order valence-corrected chi connectivity index (χ3v) is 8.86. The van der Waals surface area contributed by atoms with Gasteiger partial charge in [0.15, 0.2) is 0 Å². The fraction of sp³-hybridized carbons (Fsp3) is 0.282. The number of amides is 1. The average Bonchev–Trinajstić information content (AvgIpc) is 3.37. The van der Waals surface area contributed by atoms with Crippen molar-refractivity contribution >= 4 is 28.6 Å². The number of halogens is 1. The van der Waals surface area contributed by atoms with E-state index in [1.54, 1.807) is 4.57 Å². The van der Waals surface area contributed by atoms with Crippen LogP contribution in [0.1, 0.15) is 55.0 Å². The summed E-state index contributed by atoms with van der Waals surface area (Å²) in [6.45, 7) is 8.25. The number of carbonyl (C=O) groups excluding carboxylic acids is 1. The van der Waals surface area contributed by atoms with Gasteiger partial charge in [-0.15, -0.1) is 0 Å². The molecule has 242 valence electrons. The van der Waals surface area contributed by atoms with Crippen molar-refractivity contribution in [2.45, 2.75) is 51.9 Å². The molecular weight excluding hydrogens is 612 g/mol. The zero-order valence-electron chi connectivity index (χ0n) is 27.0. The summed E-state index contributed by atoms with van der Waals surface area (Å²) in [7, 11) is 0. The van der Waals surface area contributed by atoms with Gasteiger partial charge in [0.25, 0.3) is 5.56 Å². The van der Waals surface area contributed by atoms with E-state index in [4.69, 9.17) is 21.1 Å². The maximum absolute atomic E-state index is 13.2. The zero-order chi connectivity index (χ0) is 33.3. The van der Waals surface area contributed by atoms with E-state index in [2.05, 4.69) is 29.6 Å². The molecule has 0 saturated carbocycles. The Hall–Kier alpha value is -4.43. The average molecular weight is 651 g/mol. The predicted octanol–water partition coefficient (Wildman–Crippen LogP) is 8.02. The number of aromatic nitrogens is 1.